The molecular weight excluding hydrogens is 264 g/mol. The van der Waals surface area contributed by atoms with Crippen LogP contribution < -0.4 is 10.6 Å². The molecule has 0 radical (unpaired) electrons. The number of nitrogens with one attached hydrogen (secondary N) is 2. The third kappa shape index (κ3) is 5.33. The number of hydrogen-bond acceptors (Lipinski definition) is 4. The van der Waals surface area contributed by atoms with Gasteiger partial charge in [-0.25, -0.2) is 9.97 Å². The largest absolute Gasteiger partial charge is 0.354 e. The highest BCUT2D eigenvalue weighted by Crippen LogP contribution is 2.17. The summed E-state index contributed by atoms with van der Waals surface area (Å²) in [5.41, 5.74) is 0.445. The Morgan fingerprint density at radius 1 is 1.29 bits per heavy atom. The first-order chi connectivity index (χ1) is 10.1. The molecule has 0 aliphatic heterocycles. The Labute approximate surface area is 127 Å². The second-order valence-corrected chi connectivity index (χ2v) is 6.20. The molecule has 0 bridgehead atoms. The van der Waals surface area contributed by atoms with Crippen molar-refractivity contribution in [2.24, 2.45) is 5.92 Å². The van der Waals surface area contributed by atoms with Gasteiger partial charge < -0.3 is 10.6 Å². The van der Waals surface area contributed by atoms with Gasteiger partial charge in [-0.15, -0.1) is 0 Å². The van der Waals surface area contributed by atoms with Gasteiger partial charge in [0, 0.05) is 18.8 Å². The summed E-state index contributed by atoms with van der Waals surface area (Å²) < 4.78 is 0. The predicted octanol–water partition coefficient (Wildman–Crippen LogP) is 3.00. The summed E-state index contributed by atoms with van der Waals surface area (Å²) in [5, 5.41) is 6.26. The summed E-state index contributed by atoms with van der Waals surface area (Å²) in [5.74, 6) is 0.950. The van der Waals surface area contributed by atoms with E-state index in [0.29, 0.717) is 23.6 Å². The Kier molecular flexibility index (Phi) is 5.96. The molecule has 5 nitrogen and oxygen atoms in total. The first kappa shape index (κ1) is 15.7. The predicted molar refractivity (Wildman–Crippen MR) is 84.3 cm³/mol. The van der Waals surface area contributed by atoms with E-state index in [4.69, 9.17) is 0 Å². The first-order valence-electron chi connectivity index (χ1n) is 8.03. The quantitative estimate of drug-likeness (QED) is 0.818. The van der Waals surface area contributed by atoms with Crippen molar-refractivity contribution in [3.63, 3.8) is 0 Å². The maximum absolute atomic E-state index is 12.3. The lowest BCUT2D eigenvalue weighted by molar-refractivity contribution is 0.0928. The van der Waals surface area contributed by atoms with Crippen molar-refractivity contribution in [2.45, 2.75) is 58.4 Å². The lowest BCUT2D eigenvalue weighted by atomic mass is 10.1. The van der Waals surface area contributed by atoms with Crippen molar-refractivity contribution in [3.8, 4) is 0 Å². The summed E-state index contributed by atoms with van der Waals surface area (Å²) in [6, 6.07) is 1.97. The van der Waals surface area contributed by atoms with Gasteiger partial charge in [0.05, 0.1) is 0 Å². The van der Waals surface area contributed by atoms with Crippen molar-refractivity contribution in [3.05, 3.63) is 18.0 Å². The zero-order chi connectivity index (χ0) is 15.1. The summed E-state index contributed by atoms with van der Waals surface area (Å²) in [7, 11) is 0. The Bertz CT molecular complexity index is 453. The molecule has 1 saturated carbocycles. The van der Waals surface area contributed by atoms with E-state index in [9.17, 15) is 4.79 Å². The minimum absolute atomic E-state index is 0.0862. The fourth-order valence-electron chi connectivity index (χ4n) is 2.55. The molecule has 0 spiro atoms. The van der Waals surface area contributed by atoms with E-state index in [0.717, 1.165) is 19.4 Å². The normalized spacial score (nSPS) is 16.5. The van der Waals surface area contributed by atoms with E-state index in [1.165, 1.54) is 25.7 Å². The monoisotopic (exact) mass is 290 g/mol. The minimum atomic E-state index is -0.0862. The summed E-state index contributed by atoms with van der Waals surface area (Å²) in [4.78, 5) is 20.7. The van der Waals surface area contributed by atoms with Crippen molar-refractivity contribution >= 4 is 11.9 Å². The van der Waals surface area contributed by atoms with Gasteiger partial charge in [-0.1, -0.05) is 39.5 Å². The number of nitrogens with zero attached hydrogens (tertiary/aromatic N) is 2. The van der Waals surface area contributed by atoms with Crippen LogP contribution in [0.4, 0.5) is 5.95 Å². The van der Waals surface area contributed by atoms with Gasteiger partial charge in [-0.3, -0.25) is 4.79 Å². The number of anilines is 1. The van der Waals surface area contributed by atoms with Crippen molar-refractivity contribution in [2.75, 3.05) is 11.9 Å². The molecule has 1 aliphatic carbocycles. The molecule has 5 heteroatoms. The zero-order valence-corrected chi connectivity index (χ0v) is 13.1. The fourth-order valence-corrected chi connectivity index (χ4v) is 2.55. The van der Waals surface area contributed by atoms with E-state index in [-0.39, 0.29) is 5.91 Å². The number of carbonyl (C=O) groups is 1. The average molecular weight is 290 g/mol. The molecule has 2 rings (SSSR count). The van der Waals surface area contributed by atoms with Gasteiger partial charge in [0.2, 0.25) is 5.95 Å². The molecule has 21 heavy (non-hydrogen) atoms. The molecule has 1 heterocycles. The second kappa shape index (κ2) is 7.96. The minimum Gasteiger partial charge on any atom is -0.354 e. The number of carbonyl (C=O) groups excluding carboxylic acids is 1. The van der Waals surface area contributed by atoms with Crippen LogP contribution >= 0.6 is 0 Å². The van der Waals surface area contributed by atoms with Gasteiger partial charge in [0.1, 0.15) is 5.69 Å². The maximum atomic E-state index is 12.3. The number of aromatic nitrogens is 2. The lowest BCUT2D eigenvalue weighted by Crippen LogP contribution is -2.35. The standard InChI is InChI=1S/C16H26N4O/c1-12(2)11-18-16-17-10-9-14(20-16)15(21)19-13-7-5-3-4-6-8-13/h9-10,12-13H,3-8,11H2,1-2H3,(H,19,21)(H,17,18,20). The third-order valence-electron chi connectivity index (χ3n) is 3.75. The van der Waals surface area contributed by atoms with E-state index < -0.39 is 0 Å². The van der Waals surface area contributed by atoms with Crippen molar-refractivity contribution in [1.29, 1.82) is 0 Å². The molecule has 0 saturated heterocycles. The van der Waals surface area contributed by atoms with Crippen LogP contribution in [0.5, 0.6) is 0 Å². The molecule has 1 aliphatic rings. The highest BCUT2D eigenvalue weighted by molar-refractivity contribution is 5.92. The van der Waals surface area contributed by atoms with Gasteiger partial charge in [0.15, 0.2) is 0 Å². The molecule has 2 N–H and O–H groups in total. The Hall–Kier alpha value is -1.65. The Morgan fingerprint density at radius 3 is 2.67 bits per heavy atom. The topological polar surface area (TPSA) is 66.9 Å². The van der Waals surface area contributed by atoms with E-state index in [1.807, 2.05) is 0 Å². The SMILES string of the molecule is CC(C)CNc1nccc(C(=O)NC2CCCCCC2)n1. The molecule has 1 aromatic heterocycles. The number of rotatable bonds is 5. The van der Waals surface area contributed by atoms with Crippen LogP contribution in [0.25, 0.3) is 0 Å². The zero-order valence-electron chi connectivity index (χ0n) is 13.1. The maximum Gasteiger partial charge on any atom is 0.270 e. The summed E-state index contributed by atoms with van der Waals surface area (Å²) in [6.45, 7) is 5.04. The molecule has 0 aromatic carbocycles. The Morgan fingerprint density at radius 2 is 2.00 bits per heavy atom. The second-order valence-electron chi connectivity index (χ2n) is 6.20. The molecule has 0 atom stereocenters. The molecule has 1 aromatic rings. The smallest absolute Gasteiger partial charge is 0.270 e. The van der Waals surface area contributed by atoms with Crippen molar-refractivity contribution < 1.29 is 4.79 Å². The van der Waals surface area contributed by atoms with E-state index in [1.54, 1.807) is 12.3 Å². The molecule has 116 valence electrons. The van der Waals surface area contributed by atoms with Gasteiger partial charge >= 0.3 is 0 Å². The highest BCUT2D eigenvalue weighted by Gasteiger charge is 2.16. The van der Waals surface area contributed by atoms with Crippen LogP contribution in [0.2, 0.25) is 0 Å². The van der Waals surface area contributed by atoms with Gasteiger partial charge in [0.25, 0.3) is 5.91 Å². The van der Waals surface area contributed by atoms with Gasteiger partial charge in [-0.2, -0.15) is 0 Å². The van der Waals surface area contributed by atoms with E-state index >= 15 is 0 Å². The number of hydrogen-bond donors (Lipinski definition) is 2. The lowest BCUT2D eigenvalue weighted by Gasteiger charge is -2.16. The third-order valence-corrected chi connectivity index (χ3v) is 3.75. The Balaban J connectivity index is 1.93. The van der Waals surface area contributed by atoms with E-state index in [2.05, 4.69) is 34.4 Å². The number of amides is 1. The van der Waals surface area contributed by atoms with Crippen LogP contribution in [0.15, 0.2) is 12.3 Å². The van der Waals surface area contributed by atoms with Crippen LogP contribution in [-0.2, 0) is 0 Å². The molecule has 1 fully saturated rings. The van der Waals surface area contributed by atoms with Crippen LogP contribution in [0.1, 0.15) is 62.9 Å². The summed E-state index contributed by atoms with van der Waals surface area (Å²) >= 11 is 0. The first-order valence-corrected chi connectivity index (χ1v) is 8.03. The average Bonchev–Trinajstić information content (AvgIpc) is 2.74. The molecule has 0 unspecified atom stereocenters. The molecular formula is C16H26N4O. The molecule has 1 amide bonds. The highest BCUT2D eigenvalue weighted by atomic mass is 16.1. The summed E-state index contributed by atoms with van der Waals surface area (Å²) in [6.07, 6.45) is 8.76. The van der Waals surface area contributed by atoms with Crippen LogP contribution in [0, 0.1) is 5.92 Å². The van der Waals surface area contributed by atoms with Crippen LogP contribution in [0.3, 0.4) is 0 Å². The van der Waals surface area contributed by atoms with Gasteiger partial charge in [-0.05, 0) is 24.8 Å². The van der Waals surface area contributed by atoms with Crippen molar-refractivity contribution in [1.82, 2.24) is 15.3 Å². The van der Waals surface area contributed by atoms with Crippen LogP contribution in [-0.4, -0.2) is 28.5 Å². The fraction of sp³-hybridized carbons (Fsp3) is 0.688.